The van der Waals surface area contributed by atoms with Crippen LogP contribution in [-0.2, 0) is 0 Å². The van der Waals surface area contributed by atoms with Crippen LogP contribution in [0.15, 0.2) is 42.0 Å². The summed E-state index contributed by atoms with van der Waals surface area (Å²) in [6, 6.07) is 8.25. The van der Waals surface area contributed by atoms with Crippen LogP contribution in [0.3, 0.4) is 0 Å². The fraction of sp³-hybridized carbons (Fsp3) is 0. The molecule has 3 aromatic rings. The van der Waals surface area contributed by atoms with E-state index in [1.807, 2.05) is 12.1 Å². The molecule has 0 spiro atoms. The zero-order chi connectivity index (χ0) is 9.38. The van der Waals surface area contributed by atoms with E-state index in [1.54, 1.807) is 28.5 Å². The maximum Gasteiger partial charge on any atom is 0.0943 e. The molecule has 2 heterocycles. The Morgan fingerprint density at radius 1 is 1.07 bits per heavy atom. The van der Waals surface area contributed by atoms with Gasteiger partial charge < -0.3 is 0 Å². The maximum absolute atomic E-state index is 4.13. The number of benzene rings is 1. The lowest BCUT2D eigenvalue weighted by Crippen LogP contribution is -1.97. The Hall–Kier alpha value is -1.68. The summed E-state index contributed by atoms with van der Waals surface area (Å²) in [5.74, 6) is 0. The van der Waals surface area contributed by atoms with Gasteiger partial charge in [-0.3, -0.25) is 0 Å². The molecule has 0 radical (unpaired) electrons. The second-order valence-electron chi connectivity index (χ2n) is 2.93. The molecule has 0 fully saturated rings. The van der Waals surface area contributed by atoms with Crippen LogP contribution in [0.4, 0.5) is 0 Å². The Labute approximate surface area is 84.6 Å². The second kappa shape index (κ2) is 2.92. The van der Waals surface area contributed by atoms with Gasteiger partial charge in [0.15, 0.2) is 0 Å². The zero-order valence-corrected chi connectivity index (χ0v) is 8.11. The van der Waals surface area contributed by atoms with Crippen molar-refractivity contribution in [3.8, 4) is 5.69 Å². The highest BCUT2D eigenvalue weighted by atomic mass is 32.1. The minimum absolute atomic E-state index is 1.04. The zero-order valence-electron chi connectivity index (χ0n) is 7.29. The number of hydrogen-bond acceptors (Lipinski definition) is 3. The second-order valence-corrected chi connectivity index (χ2v) is 3.88. The predicted octanol–water partition coefficient (Wildman–Crippen LogP) is 2.48. The molecular formula is C10H7N3S. The average molecular weight is 201 g/mol. The molecule has 0 saturated carbocycles. The van der Waals surface area contributed by atoms with Crippen LogP contribution in [0, 0.1) is 0 Å². The third-order valence-corrected chi connectivity index (χ3v) is 2.99. The van der Waals surface area contributed by atoms with Crippen LogP contribution in [0.5, 0.6) is 0 Å². The van der Waals surface area contributed by atoms with Crippen molar-refractivity contribution in [3.63, 3.8) is 0 Å². The number of thiophene rings is 1. The molecule has 0 saturated heterocycles. The molecule has 0 aliphatic carbocycles. The molecule has 3 nitrogen and oxygen atoms in total. The lowest BCUT2D eigenvalue weighted by Gasteiger charge is -2.00. The monoisotopic (exact) mass is 201 g/mol. The first-order chi connectivity index (χ1) is 6.95. The molecule has 1 aromatic carbocycles. The molecule has 0 atom stereocenters. The molecule has 0 N–H and O–H groups in total. The SMILES string of the molecule is c1cc(-n2nccn2)c2ccsc2c1. The van der Waals surface area contributed by atoms with Gasteiger partial charge in [0.2, 0.25) is 0 Å². The number of nitrogens with zero attached hydrogens (tertiary/aromatic N) is 3. The van der Waals surface area contributed by atoms with Crippen LogP contribution in [0.2, 0.25) is 0 Å². The summed E-state index contributed by atoms with van der Waals surface area (Å²) in [5, 5.41) is 11.5. The first kappa shape index (κ1) is 7.70. The molecule has 0 aliphatic rings. The highest BCUT2D eigenvalue weighted by molar-refractivity contribution is 7.17. The van der Waals surface area contributed by atoms with Crippen molar-refractivity contribution in [1.29, 1.82) is 0 Å². The third-order valence-electron chi connectivity index (χ3n) is 2.11. The van der Waals surface area contributed by atoms with Gasteiger partial charge >= 0.3 is 0 Å². The van der Waals surface area contributed by atoms with Gasteiger partial charge in [-0.15, -0.1) is 11.3 Å². The molecule has 3 rings (SSSR count). The summed E-state index contributed by atoms with van der Waals surface area (Å²) in [6.07, 6.45) is 3.37. The summed E-state index contributed by atoms with van der Waals surface area (Å²) in [5.41, 5.74) is 1.04. The maximum atomic E-state index is 4.13. The van der Waals surface area contributed by atoms with E-state index in [-0.39, 0.29) is 0 Å². The van der Waals surface area contributed by atoms with Gasteiger partial charge in [-0.1, -0.05) is 6.07 Å². The van der Waals surface area contributed by atoms with Gasteiger partial charge in [0.25, 0.3) is 0 Å². The fourth-order valence-corrected chi connectivity index (χ4v) is 2.30. The average Bonchev–Trinajstić information content (AvgIpc) is 2.88. The molecule has 68 valence electrons. The van der Waals surface area contributed by atoms with E-state index >= 15 is 0 Å². The molecule has 0 aliphatic heterocycles. The van der Waals surface area contributed by atoms with Gasteiger partial charge in [-0.2, -0.15) is 15.0 Å². The highest BCUT2D eigenvalue weighted by Gasteiger charge is 2.03. The van der Waals surface area contributed by atoms with Crippen molar-refractivity contribution in [2.45, 2.75) is 0 Å². The minimum atomic E-state index is 1.04. The molecular weight excluding hydrogens is 194 g/mol. The Kier molecular flexibility index (Phi) is 1.61. The van der Waals surface area contributed by atoms with E-state index in [1.165, 1.54) is 10.1 Å². The summed E-state index contributed by atoms with van der Waals surface area (Å²) >= 11 is 1.73. The van der Waals surface area contributed by atoms with Crippen LogP contribution >= 0.6 is 11.3 Å². The summed E-state index contributed by atoms with van der Waals surface area (Å²) in [4.78, 5) is 1.65. The van der Waals surface area contributed by atoms with Crippen molar-refractivity contribution in [3.05, 3.63) is 42.0 Å². The first-order valence-electron chi connectivity index (χ1n) is 4.28. The van der Waals surface area contributed by atoms with Crippen molar-refractivity contribution < 1.29 is 0 Å². The van der Waals surface area contributed by atoms with E-state index in [9.17, 15) is 0 Å². The van der Waals surface area contributed by atoms with Gasteiger partial charge in [-0.25, -0.2) is 0 Å². The standard InChI is InChI=1S/C10H7N3S/c1-2-9(13-11-5-6-12-13)8-4-7-14-10(8)3-1/h1-7H. The molecule has 2 aromatic heterocycles. The van der Waals surface area contributed by atoms with Crippen LogP contribution in [0.25, 0.3) is 15.8 Å². The molecule has 0 bridgehead atoms. The van der Waals surface area contributed by atoms with Gasteiger partial charge in [0.05, 0.1) is 18.1 Å². The smallest absolute Gasteiger partial charge is 0.0943 e. The minimum Gasteiger partial charge on any atom is -0.157 e. The first-order valence-corrected chi connectivity index (χ1v) is 5.16. The Morgan fingerprint density at radius 3 is 2.79 bits per heavy atom. The van der Waals surface area contributed by atoms with E-state index in [0.717, 1.165) is 5.69 Å². The largest absolute Gasteiger partial charge is 0.157 e. The normalized spacial score (nSPS) is 10.9. The lowest BCUT2D eigenvalue weighted by molar-refractivity contribution is 0.757. The van der Waals surface area contributed by atoms with Crippen LogP contribution in [0.1, 0.15) is 0 Å². The van der Waals surface area contributed by atoms with Gasteiger partial charge in [-0.05, 0) is 23.6 Å². The van der Waals surface area contributed by atoms with Gasteiger partial charge in [0.1, 0.15) is 0 Å². The summed E-state index contributed by atoms with van der Waals surface area (Å²) in [6.45, 7) is 0. The topological polar surface area (TPSA) is 30.7 Å². The summed E-state index contributed by atoms with van der Waals surface area (Å²) in [7, 11) is 0. The van der Waals surface area contributed by atoms with Crippen molar-refractivity contribution >= 4 is 21.4 Å². The van der Waals surface area contributed by atoms with Crippen molar-refractivity contribution in [2.75, 3.05) is 0 Å². The van der Waals surface area contributed by atoms with Crippen molar-refractivity contribution in [2.24, 2.45) is 0 Å². The predicted molar refractivity (Wildman–Crippen MR) is 56.7 cm³/mol. The fourth-order valence-electron chi connectivity index (χ4n) is 1.49. The molecule has 4 heteroatoms. The van der Waals surface area contributed by atoms with E-state index in [2.05, 4.69) is 27.7 Å². The van der Waals surface area contributed by atoms with Crippen LogP contribution < -0.4 is 0 Å². The third kappa shape index (κ3) is 1.04. The molecule has 0 amide bonds. The summed E-state index contributed by atoms with van der Waals surface area (Å²) < 4.78 is 1.26. The highest BCUT2D eigenvalue weighted by Crippen LogP contribution is 2.25. The Balaban J connectivity index is 2.36. The van der Waals surface area contributed by atoms with E-state index in [0.29, 0.717) is 0 Å². The molecule has 14 heavy (non-hydrogen) atoms. The number of hydrogen-bond donors (Lipinski definition) is 0. The lowest BCUT2D eigenvalue weighted by atomic mass is 10.2. The molecule has 0 unspecified atom stereocenters. The van der Waals surface area contributed by atoms with E-state index < -0.39 is 0 Å². The Morgan fingerprint density at radius 2 is 1.93 bits per heavy atom. The quantitative estimate of drug-likeness (QED) is 0.605. The van der Waals surface area contributed by atoms with E-state index in [4.69, 9.17) is 0 Å². The number of rotatable bonds is 1. The van der Waals surface area contributed by atoms with Crippen LogP contribution in [-0.4, -0.2) is 15.0 Å². The number of fused-ring (bicyclic) bond motifs is 1. The van der Waals surface area contributed by atoms with Gasteiger partial charge in [0, 0.05) is 10.1 Å². The number of aromatic nitrogens is 3. The Bertz CT molecular complexity index is 554. The van der Waals surface area contributed by atoms with Crippen molar-refractivity contribution in [1.82, 2.24) is 15.0 Å².